The summed E-state index contributed by atoms with van der Waals surface area (Å²) in [6.07, 6.45) is 4.48. The maximum Gasteiger partial charge on any atom is 0.257 e. The molecule has 0 unspecified atom stereocenters. The van der Waals surface area contributed by atoms with Crippen molar-refractivity contribution in [2.75, 3.05) is 11.9 Å². The van der Waals surface area contributed by atoms with Crippen LogP contribution in [0.4, 0.5) is 10.2 Å². The van der Waals surface area contributed by atoms with Crippen LogP contribution >= 0.6 is 11.6 Å². The lowest BCUT2D eigenvalue weighted by atomic mass is 10.1. The van der Waals surface area contributed by atoms with Crippen molar-refractivity contribution in [1.29, 1.82) is 0 Å². The molecule has 0 saturated heterocycles. The maximum absolute atomic E-state index is 13.5. The Morgan fingerprint density at radius 2 is 1.97 bits per heavy atom. The average Bonchev–Trinajstić information content (AvgIpc) is 3.27. The molecule has 0 bridgehead atoms. The molecule has 0 spiro atoms. The molecule has 8 nitrogen and oxygen atoms in total. The maximum atomic E-state index is 13.5. The van der Waals surface area contributed by atoms with E-state index in [2.05, 4.69) is 50.8 Å². The molecule has 1 aromatic carbocycles. The van der Waals surface area contributed by atoms with Gasteiger partial charge in [-0.15, -0.1) is 0 Å². The zero-order valence-electron chi connectivity index (χ0n) is 21.3. The van der Waals surface area contributed by atoms with Gasteiger partial charge in [0.05, 0.1) is 23.0 Å². The zero-order chi connectivity index (χ0) is 26.6. The number of nitrogens with one attached hydrogen (secondary N) is 1. The number of benzene rings is 1. The number of fused-ring (bicyclic) bond motifs is 2. The Balaban J connectivity index is 1.53. The molecule has 6 rings (SSSR count). The second-order valence-corrected chi connectivity index (χ2v) is 10.5. The number of anilines is 1. The van der Waals surface area contributed by atoms with Crippen LogP contribution in [-0.2, 0) is 6.54 Å². The molecule has 1 aliphatic rings. The molecule has 5 aromatic rings. The molecule has 1 aliphatic carbocycles. The van der Waals surface area contributed by atoms with E-state index in [1.54, 1.807) is 10.7 Å². The van der Waals surface area contributed by atoms with Crippen molar-refractivity contribution < 1.29 is 9.18 Å². The van der Waals surface area contributed by atoms with Crippen molar-refractivity contribution in [3.8, 4) is 11.3 Å². The molecule has 194 valence electrons. The average molecular weight is 532 g/mol. The lowest BCUT2D eigenvalue weighted by molar-refractivity contribution is 0.0949. The number of halogens is 2. The Morgan fingerprint density at radius 1 is 1.21 bits per heavy atom. The molecule has 2 atom stereocenters. The van der Waals surface area contributed by atoms with Gasteiger partial charge in [0.2, 0.25) is 0 Å². The summed E-state index contributed by atoms with van der Waals surface area (Å²) in [6.45, 7) is 4.79. The van der Waals surface area contributed by atoms with Gasteiger partial charge in [-0.05, 0) is 25.5 Å². The van der Waals surface area contributed by atoms with Gasteiger partial charge in [0, 0.05) is 55.5 Å². The molecule has 1 N–H and O–H groups in total. The zero-order valence-corrected chi connectivity index (χ0v) is 22.0. The van der Waals surface area contributed by atoms with Crippen LogP contribution in [0.25, 0.3) is 27.9 Å². The fraction of sp³-hybridized carbons (Fsp3) is 0.286. The van der Waals surface area contributed by atoms with Crippen molar-refractivity contribution >= 4 is 40.0 Å². The Hall–Kier alpha value is -3.98. The van der Waals surface area contributed by atoms with Gasteiger partial charge in [-0.3, -0.25) is 4.79 Å². The van der Waals surface area contributed by atoms with E-state index in [0.29, 0.717) is 34.9 Å². The molecular weight excluding hydrogens is 505 g/mol. The predicted molar refractivity (Wildman–Crippen MR) is 146 cm³/mol. The number of aromatic nitrogens is 5. The highest BCUT2D eigenvalue weighted by atomic mass is 35.5. The van der Waals surface area contributed by atoms with E-state index >= 15 is 0 Å². The summed E-state index contributed by atoms with van der Waals surface area (Å²) < 4.78 is 17.3. The van der Waals surface area contributed by atoms with E-state index in [1.165, 1.54) is 6.20 Å². The fourth-order valence-electron chi connectivity index (χ4n) is 4.72. The summed E-state index contributed by atoms with van der Waals surface area (Å²) in [6, 6.07) is 13.6. The summed E-state index contributed by atoms with van der Waals surface area (Å²) in [4.78, 5) is 24.6. The summed E-state index contributed by atoms with van der Waals surface area (Å²) in [5, 5.41) is 8.65. The number of carbonyl (C=O) groups excluding carboxylic acids is 1. The SMILES string of the molecule is CC(C)n1cc(-c2cc(N(C)Cc3ccccc3)n3ncc(C(=O)N[C@@H]4C[C@@H]4F)c3n2)c2cc(Cl)cnc21. The highest BCUT2D eigenvalue weighted by Crippen LogP contribution is 2.35. The molecule has 4 heterocycles. The number of alkyl halides is 1. The van der Waals surface area contributed by atoms with Crippen molar-refractivity contribution in [3.05, 3.63) is 77.2 Å². The number of amides is 1. The fourth-order valence-corrected chi connectivity index (χ4v) is 4.88. The minimum Gasteiger partial charge on any atom is -0.355 e. The monoisotopic (exact) mass is 531 g/mol. The van der Waals surface area contributed by atoms with Gasteiger partial charge < -0.3 is 14.8 Å². The summed E-state index contributed by atoms with van der Waals surface area (Å²) >= 11 is 6.35. The van der Waals surface area contributed by atoms with Gasteiger partial charge in [0.25, 0.3) is 5.91 Å². The Bertz CT molecular complexity index is 1660. The predicted octanol–water partition coefficient (Wildman–Crippen LogP) is 5.46. The quantitative estimate of drug-likeness (QED) is 0.302. The second-order valence-electron chi connectivity index (χ2n) is 10.0. The number of rotatable bonds is 7. The van der Waals surface area contributed by atoms with Crippen molar-refractivity contribution in [2.24, 2.45) is 0 Å². The van der Waals surface area contributed by atoms with Crippen LogP contribution in [0, 0.1) is 0 Å². The van der Waals surface area contributed by atoms with Gasteiger partial charge in [-0.25, -0.2) is 14.4 Å². The Labute approximate surface area is 224 Å². The van der Waals surface area contributed by atoms with Crippen LogP contribution < -0.4 is 10.2 Å². The minimum atomic E-state index is -1.00. The van der Waals surface area contributed by atoms with Crippen molar-refractivity contribution in [3.63, 3.8) is 0 Å². The first-order valence-corrected chi connectivity index (χ1v) is 12.9. The van der Waals surface area contributed by atoms with Crippen LogP contribution in [0.2, 0.25) is 5.02 Å². The number of pyridine rings is 1. The van der Waals surface area contributed by atoms with Crippen LogP contribution in [0.1, 0.15) is 42.2 Å². The molecule has 1 fully saturated rings. The van der Waals surface area contributed by atoms with Crippen LogP contribution in [0.15, 0.2) is 61.1 Å². The highest BCUT2D eigenvalue weighted by molar-refractivity contribution is 6.31. The van der Waals surface area contributed by atoms with E-state index < -0.39 is 12.2 Å². The van der Waals surface area contributed by atoms with Gasteiger partial charge in [-0.1, -0.05) is 41.9 Å². The summed E-state index contributed by atoms with van der Waals surface area (Å²) in [7, 11) is 1.97. The molecule has 10 heteroatoms. The van der Waals surface area contributed by atoms with Gasteiger partial charge in [0.1, 0.15) is 23.2 Å². The van der Waals surface area contributed by atoms with Gasteiger partial charge in [-0.2, -0.15) is 9.61 Å². The first kappa shape index (κ1) is 24.4. The van der Waals surface area contributed by atoms with Crippen LogP contribution in [-0.4, -0.2) is 49.3 Å². The van der Waals surface area contributed by atoms with E-state index in [-0.39, 0.29) is 11.9 Å². The van der Waals surface area contributed by atoms with Gasteiger partial charge in [0.15, 0.2) is 5.65 Å². The molecular formula is C28H27ClFN7O. The molecule has 1 saturated carbocycles. The normalized spacial score (nSPS) is 16.9. The lowest BCUT2D eigenvalue weighted by Crippen LogP contribution is -2.27. The molecule has 0 aliphatic heterocycles. The Morgan fingerprint density at radius 3 is 2.68 bits per heavy atom. The first-order valence-electron chi connectivity index (χ1n) is 12.6. The third kappa shape index (κ3) is 4.36. The standard InChI is InChI=1S/C28H27ClFN7O/c1-16(2)36-15-21(19-9-18(29)12-31-26(19)36)23-11-25(35(3)14-17-7-5-4-6-8-17)37-27(33-23)20(13-32-37)28(38)34-24-10-22(24)30/h4-9,11-13,15-16,22,24H,10,14H2,1-3H3,(H,34,38)/t22-,24+/m0/s1. The van der Waals surface area contributed by atoms with E-state index in [1.807, 2.05) is 43.6 Å². The topological polar surface area (TPSA) is 80.4 Å². The van der Waals surface area contributed by atoms with E-state index in [0.717, 1.165) is 28.0 Å². The van der Waals surface area contributed by atoms with Crippen molar-refractivity contribution in [2.45, 2.75) is 45.1 Å². The van der Waals surface area contributed by atoms with Gasteiger partial charge >= 0.3 is 0 Å². The Kier molecular flexibility index (Phi) is 6.03. The second kappa shape index (κ2) is 9.40. The van der Waals surface area contributed by atoms with E-state index in [9.17, 15) is 9.18 Å². The first-order chi connectivity index (χ1) is 18.3. The molecule has 0 radical (unpaired) electrons. The lowest BCUT2D eigenvalue weighted by Gasteiger charge is -2.21. The number of carbonyl (C=O) groups is 1. The largest absolute Gasteiger partial charge is 0.355 e. The molecule has 1 amide bonds. The number of hydrogen-bond donors (Lipinski definition) is 1. The third-order valence-electron chi connectivity index (χ3n) is 6.85. The molecule has 38 heavy (non-hydrogen) atoms. The van der Waals surface area contributed by atoms with Crippen molar-refractivity contribution in [1.82, 2.24) is 29.5 Å². The van der Waals surface area contributed by atoms with Crippen LogP contribution in [0.3, 0.4) is 0 Å². The van der Waals surface area contributed by atoms with E-state index in [4.69, 9.17) is 16.6 Å². The minimum absolute atomic E-state index is 0.160. The summed E-state index contributed by atoms with van der Waals surface area (Å²) in [5.74, 6) is 0.365. The summed E-state index contributed by atoms with van der Waals surface area (Å²) in [5.41, 5.74) is 4.12. The third-order valence-corrected chi connectivity index (χ3v) is 7.06. The smallest absolute Gasteiger partial charge is 0.257 e. The number of hydrogen-bond acceptors (Lipinski definition) is 5. The van der Waals surface area contributed by atoms with Crippen LogP contribution in [0.5, 0.6) is 0 Å². The highest BCUT2D eigenvalue weighted by Gasteiger charge is 2.39. The number of nitrogens with zero attached hydrogens (tertiary/aromatic N) is 6. The molecule has 4 aromatic heterocycles.